The molecule has 17 heavy (non-hydrogen) atoms. The average molecular weight is 237 g/mol. The molecule has 1 fully saturated rings. The fourth-order valence-electron chi connectivity index (χ4n) is 1.87. The number of carbonyl (C=O) groups is 1. The van der Waals surface area contributed by atoms with E-state index in [1.165, 1.54) is 0 Å². The van der Waals surface area contributed by atoms with Gasteiger partial charge in [0, 0.05) is 24.4 Å². The lowest BCUT2D eigenvalue weighted by molar-refractivity contribution is -0.163. The first-order valence-corrected chi connectivity index (χ1v) is 5.54. The van der Waals surface area contributed by atoms with E-state index in [1.807, 2.05) is 19.1 Å². The summed E-state index contributed by atoms with van der Waals surface area (Å²) in [5.41, 5.74) is 0.894. The van der Waals surface area contributed by atoms with E-state index in [0.29, 0.717) is 13.0 Å². The molecule has 1 aromatic heterocycles. The van der Waals surface area contributed by atoms with E-state index >= 15 is 0 Å². The second kappa shape index (κ2) is 4.81. The van der Waals surface area contributed by atoms with Crippen molar-refractivity contribution in [2.24, 2.45) is 0 Å². The zero-order chi connectivity index (χ0) is 12.3. The molecule has 2 heterocycles. The summed E-state index contributed by atoms with van der Waals surface area (Å²) in [6.45, 7) is 2.26. The lowest BCUT2D eigenvalue weighted by Gasteiger charge is -2.23. The molecule has 0 bridgehead atoms. The molecule has 0 spiro atoms. The third kappa shape index (κ3) is 2.81. The smallest absolute Gasteiger partial charge is 0.303 e. The van der Waals surface area contributed by atoms with Crippen LogP contribution in [0.5, 0.6) is 0 Å². The van der Waals surface area contributed by atoms with Gasteiger partial charge in [0.2, 0.25) is 0 Å². The van der Waals surface area contributed by atoms with Gasteiger partial charge in [0.05, 0.1) is 12.7 Å². The second-order valence-electron chi connectivity index (χ2n) is 4.16. The largest absolute Gasteiger partial charge is 0.481 e. The molecule has 2 rings (SSSR count). The second-order valence-corrected chi connectivity index (χ2v) is 4.16. The Kier molecular flexibility index (Phi) is 3.40. The predicted molar refractivity (Wildman–Crippen MR) is 59.3 cm³/mol. The van der Waals surface area contributed by atoms with Gasteiger partial charge in [-0.3, -0.25) is 9.78 Å². The highest BCUT2D eigenvalue weighted by molar-refractivity contribution is 5.66. The third-order valence-corrected chi connectivity index (χ3v) is 2.82. The first-order chi connectivity index (χ1) is 8.10. The van der Waals surface area contributed by atoms with Crippen molar-refractivity contribution < 1.29 is 19.4 Å². The molecule has 1 aliphatic heterocycles. The van der Waals surface area contributed by atoms with Gasteiger partial charge in [-0.05, 0) is 25.5 Å². The molecular formula is C12H15NO4. The van der Waals surface area contributed by atoms with Crippen molar-refractivity contribution in [1.29, 1.82) is 0 Å². The molecule has 1 saturated heterocycles. The summed E-state index contributed by atoms with van der Waals surface area (Å²) in [6.07, 6.45) is 3.76. The molecule has 2 unspecified atom stereocenters. The SMILES string of the molecule is CC1(c2ccncc2)OCC(CCC(=O)O)O1. The van der Waals surface area contributed by atoms with Crippen LogP contribution in [0.1, 0.15) is 25.3 Å². The normalized spacial score (nSPS) is 28.2. The fourth-order valence-corrected chi connectivity index (χ4v) is 1.87. The average Bonchev–Trinajstić information content (AvgIpc) is 2.71. The maximum absolute atomic E-state index is 10.5. The van der Waals surface area contributed by atoms with Crippen molar-refractivity contribution in [3.63, 3.8) is 0 Å². The van der Waals surface area contributed by atoms with Gasteiger partial charge in [-0.15, -0.1) is 0 Å². The summed E-state index contributed by atoms with van der Waals surface area (Å²) in [5.74, 6) is -1.60. The van der Waals surface area contributed by atoms with E-state index in [9.17, 15) is 4.79 Å². The maximum Gasteiger partial charge on any atom is 0.303 e. The van der Waals surface area contributed by atoms with E-state index in [1.54, 1.807) is 12.4 Å². The Hall–Kier alpha value is -1.46. The van der Waals surface area contributed by atoms with Crippen LogP contribution in [0.15, 0.2) is 24.5 Å². The molecular weight excluding hydrogens is 222 g/mol. The van der Waals surface area contributed by atoms with Crippen LogP contribution in [0.3, 0.4) is 0 Å². The molecule has 5 nitrogen and oxygen atoms in total. The van der Waals surface area contributed by atoms with Crippen LogP contribution in [-0.4, -0.2) is 28.8 Å². The van der Waals surface area contributed by atoms with Crippen molar-refractivity contribution in [2.45, 2.75) is 31.7 Å². The summed E-state index contributed by atoms with van der Waals surface area (Å²) in [7, 11) is 0. The van der Waals surface area contributed by atoms with Gasteiger partial charge < -0.3 is 14.6 Å². The Morgan fingerprint density at radius 1 is 1.59 bits per heavy atom. The maximum atomic E-state index is 10.5. The number of ether oxygens (including phenoxy) is 2. The van der Waals surface area contributed by atoms with E-state index in [-0.39, 0.29) is 12.5 Å². The van der Waals surface area contributed by atoms with Gasteiger partial charge in [-0.2, -0.15) is 0 Å². The first-order valence-electron chi connectivity index (χ1n) is 5.54. The highest BCUT2D eigenvalue weighted by Gasteiger charge is 2.38. The quantitative estimate of drug-likeness (QED) is 0.860. The minimum Gasteiger partial charge on any atom is -0.481 e. The zero-order valence-electron chi connectivity index (χ0n) is 9.63. The number of hydrogen-bond donors (Lipinski definition) is 1. The van der Waals surface area contributed by atoms with Crippen molar-refractivity contribution in [3.8, 4) is 0 Å². The first kappa shape index (κ1) is 12.0. The van der Waals surface area contributed by atoms with Gasteiger partial charge in [0.1, 0.15) is 0 Å². The molecule has 1 aromatic rings. The van der Waals surface area contributed by atoms with Gasteiger partial charge in [0.15, 0.2) is 5.79 Å². The molecule has 2 atom stereocenters. The van der Waals surface area contributed by atoms with E-state index in [0.717, 1.165) is 5.56 Å². The van der Waals surface area contributed by atoms with E-state index < -0.39 is 11.8 Å². The Morgan fingerprint density at radius 2 is 2.29 bits per heavy atom. The van der Waals surface area contributed by atoms with Gasteiger partial charge >= 0.3 is 5.97 Å². The predicted octanol–water partition coefficient (Wildman–Crippen LogP) is 1.53. The number of carboxylic acids is 1. The number of nitrogens with zero attached hydrogens (tertiary/aromatic N) is 1. The minimum absolute atomic E-state index is 0.0977. The molecule has 0 amide bonds. The molecule has 1 aliphatic rings. The highest BCUT2D eigenvalue weighted by Crippen LogP contribution is 2.34. The molecule has 92 valence electrons. The number of aromatic nitrogens is 1. The Balaban J connectivity index is 1.99. The lowest BCUT2D eigenvalue weighted by Crippen LogP contribution is -2.24. The molecule has 0 saturated carbocycles. The number of pyridine rings is 1. The number of carboxylic acid groups (broad SMARTS) is 1. The Bertz CT molecular complexity index is 395. The monoisotopic (exact) mass is 237 g/mol. The van der Waals surface area contributed by atoms with Crippen molar-refractivity contribution in [3.05, 3.63) is 30.1 Å². The van der Waals surface area contributed by atoms with E-state index in [4.69, 9.17) is 14.6 Å². The van der Waals surface area contributed by atoms with Crippen LogP contribution in [0.2, 0.25) is 0 Å². The summed E-state index contributed by atoms with van der Waals surface area (Å²) < 4.78 is 11.4. The highest BCUT2D eigenvalue weighted by atomic mass is 16.7. The van der Waals surface area contributed by atoms with E-state index in [2.05, 4.69) is 4.98 Å². The number of hydrogen-bond acceptors (Lipinski definition) is 4. The fraction of sp³-hybridized carbons (Fsp3) is 0.500. The third-order valence-electron chi connectivity index (χ3n) is 2.82. The zero-order valence-corrected chi connectivity index (χ0v) is 9.63. The van der Waals surface area contributed by atoms with Gasteiger partial charge in [-0.1, -0.05) is 0 Å². The molecule has 0 radical (unpaired) electrons. The van der Waals surface area contributed by atoms with Crippen LogP contribution in [0.4, 0.5) is 0 Å². The summed E-state index contributed by atoms with van der Waals surface area (Å²) in [6, 6.07) is 3.67. The summed E-state index contributed by atoms with van der Waals surface area (Å²) >= 11 is 0. The van der Waals surface area contributed by atoms with Crippen molar-refractivity contribution in [2.75, 3.05) is 6.61 Å². The summed E-state index contributed by atoms with van der Waals surface area (Å²) in [4.78, 5) is 14.4. The summed E-state index contributed by atoms with van der Waals surface area (Å²) in [5, 5.41) is 8.62. The van der Waals surface area contributed by atoms with Crippen LogP contribution < -0.4 is 0 Å². The molecule has 0 aliphatic carbocycles. The Morgan fingerprint density at radius 3 is 2.94 bits per heavy atom. The minimum atomic E-state index is -0.814. The topological polar surface area (TPSA) is 68.7 Å². The van der Waals surface area contributed by atoms with Gasteiger partial charge in [0.25, 0.3) is 0 Å². The van der Waals surface area contributed by atoms with Gasteiger partial charge in [-0.25, -0.2) is 0 Å². The standard InChI is InChI=1S/C12H15NO4/c1-12(9-4-6-13-7-5-9)16-8-10(17-12)2-3-11(14)15/h4-7,10H,2-3,8H2,1H3,(H,14,15). The van der Waals surface area contributed by atoms with Crippen molar-refractivity contribution >= 4 is 5.97 Å². The molecule has 5 heteroatoms. The van der Waals surface area contributed by atoms with Crippen LogP contribution >= 0.6 is 0 Å². The van der Waals surface area contributed by atoms with Crippen LogP contribution in [0, 0.1) is 0 Å². The lowest BCUT2D eigenvalue weighted by atomic mass is 10.1. The van der Waals surface area contributed by atoms with Crippen molar-refractivity contribution in [1.82, 2.24) is 4.98 Å². The Labute approximate surface area is 99.4 Å². The molecule has 1 N–H and O–H groups in total. The van der Waals surface area contributed by atoms with Crippen LogP contribution in [0.25, 0.3) is 0 Å². The number of aliphatic carboxylic acids is 1. The molecule has 0 aromatic carbocycles. The number of rotatable bonds is 4. The van der Waals surface area contributed by atoms with Crippen LogP contribution in [-0.2, 0) is 20.1 Å².